The van der Waals surface area contributed by atoms with E-state index in [2.05, 4.69) is 29.8 Å². The Balaban J connectivity index is 2.36. The van der Waals surface area contributed by atoms with Gasteiger partial charge < -0.3 is 45.1 Å². The zero-order chi connectivity index (χ0) is 47.1. The number of likely N-dealkylation sites (tertiary alicyclic amines) is 1. The molecule has 0 aliphatic carbocycles. The number of hydrogen-bond donors (Lipinski definition) is 4. The second-order valence-corrected chi connectivity index (χ2v) is 18.2. The molecule has 62 heavy (non-hydrogen) atoms. The van der Waals surface area contributed by atoms with E-state index in [1.54, 1.807) is 33.0 Å². The van der Waals surface area contributed by atoms with E-state index in [1.807, 2.05) is 83.8 Å². The molecule has 15 heteroatoms. The summed E-state index contributed by atoms with van der Waals surface area (Å²) in [4.78, 5) is 86.7. The second kappa shape index (κ2) is 25.4. The normalized spacial score (nSPS) is 19.7. The van der Waals surface area contributed by atoms with Crippen molar-refractivity contribution in [2.75, 3.05) is 48.5 Å². The lowest BCUT2D eigenvalue weighted by atomic mass is 9.84. The van der Waals surface area contributed by atoms with Crippen molar-refractivity contribution in [2.45, 2.75) is 149 Å². The number of amides is 4. The Kier molecular flexibility index (Phi) is 22.2. The van der Waals surface area contributed by atoms with Crippen LogP contribution in [-0.2, 0) is 44.7 Å². The van der Waals surface area contributed by atoms with E-state index in [1.165, 1.54) is 12.0 Å². The van der Waals surface area contributed by atoms with E-state index in [0.717, 1.165) is 24.7 Å². The predicted octanol–water partition coefficient (Wildman–Crippen LogP) is 4.02. The molecule has 1 fully saturated rings. The number of aldehydes is 1. The fourth-order valence-electron chi connectivity index (χ4n) is 9.16. The SMILES string of the molecule is CC[C@H](C)[C@@H]([C@@H](CC(=O)N1CCC[C@H]1[C@H](OC)[C@@H](C)C(=O)N[C@@H](Cc1ccccc1)C(=O)O)OC)N(C)C[C@](C=O)(NC(=O)[C@H](C(C)C)N(C)C(=O)[C@@H](NC)[C@@H](C)CC)C(C)C. The van der Waals surface area contributed by atoms with Crippen LogP contribution in [0.4, 0.5) is 0 Å². The minimum absolute atomic E-state index is 0.000880. The Morgan fingerprint density at radius 2 is 1.55 bits per heavy atom. The Morgan fingerprint density at radius 3 is 2.03 bits per heavy atom. The molecular weight excluding hydrogens is 793 g/mol. The summed E-state index contributed by atoms with van der Waals surface area (Å²) in [6.07, 6.45) is 2.42. The van der Waals surface area contributed by atoms with Crippen molar-refractivity contribution in [3.8, 4) is 0 Å². The van der Waals surface area contributed by atoms with Crippen molar-refractivity contribution in [1.29, 1.82) is 0 Å². The summed E-state index contributed by atoms with van der Waals surface area (Å²) in [5.74, 6) is -3.74. The zero-order valence-electron chi connectivity index (χ0n) is 40.1. The number of carbonyl (C=O) groups excluding carboxylic acids is 5. The van der Waals surface area contributed by atoms with Crippen LogP contribution in [0, 0.1) is 29.6 Å². The number of nitrogens with one attached hydrogen (secondary N) is 3. The number of nitrogens with zero attached hydrogens (tertiary/aromatic N) is 3. The molecule has 2 rings (SSSR count). The van der Waals surface area contributed by atoms with Gasteiger partial charge in [-0.25, -0.2) is 4.79 Å². The number of likely N-dealkylation sites (N-methyl/N-ethyl adjacent to an activating group) is 3. The quantitative estimate of drug-likeness (QED) is 0.0937. The van der Waals surface area contributed by atoms with Crippen LogP contribution < -0.4 is 16.0 Å². The summed E-state index contributed by atoms with van der Waals surface area (Å²) >= 11 is 0. The lowest BCUT2D eigenvalue weighted by molar-refractivity contribution is -0.146. The summed E-state index contributed by atoms with van der Waals surface area (Å²) in [5.41, 5.74) is -0.570. The Labute approximate surface area is 371 Å². The molecule has 0 spiro atoms. The Morgan fingerprint density at radius 1 is 0.935 bits per heavy atom. The predicted molar refractivity (Wildman–Crippen MR) is 241 cm³/mol. The first-order chi connectivity index (χ1) is 29.2. The fourth-order valence-corrected chi connectivity index (χ4v) is 9.16. The van der Waals surface area contributed by atoms with Gasteiger partial charge in [0.1, 0.15) is 23.9 Å². The van der Waals surface area contributed by atoms with Crippen LogP contribution in [0.15, 0.2) is 30.3 Å². The molecule has 4 N–H and O–H groups in total. The molecule has 1 heterocycles. The highest BCUT2D eigenvalue weighted by atomic mass is 16.5. The molecular formula is C47H80N6O9. The molecule has 0 radical (unpaired) electrons. The first kappa shape index (κ1) is 54.2. The summed E-state index contributed by atoms with van der Waals surface area (Å²) in [7, 11) is 8.32. The lowest BCUT2D eigenvalue weighted by Gasteiger charge is -2.44. The van der Waals surface area contributed by atoms with Crippen LogP contribution >= 0.6 is 0 Å². The molecule has 0 unspecified atom stereocenters. The van der Waals surface area contributed by atoms with Gasteiger partial charge in [-0.3, -0.25) is 24.1 Å². The van der Waals surface area contributed by atoms with Crippen molar-refractivity contribution in [2.24, 2.45) is 29.6 Å². The first-order valence-electron chi connectivity index (χ1n) is 22.5. The number of rotatable bonds is 27. The van der Waals surface area contributed by atoms with Gasteiger partial charge in [0.25, 0.3) is 0 Å². The summed E-state index contributed by atoms with van der Waals surface area (Å²) in [6, 6.07) is 5.84. The molecule has 0 aromatic heterocycles. The monoisotopic (exact) mass is 873 g/mol. The summed E-state index contributed by atoms with van der Waals surface area (Å²) in [5, 5.41) is 18.8. The third kappa shape index (κ3) is 13.8. The zero-order valence-corrected chi connectivity index (χ0v) is 40.1. The molecule has 0 bridgehead atoms. The van der Waals surface area contributed by atoms with Crippen LogP contribution in [-0.4, -0.2) is 152 Å². The van der Waals surface area contributed by atoms with E-state index in [9.17, 15) is 33.9 Å². The largest absolute Gasteiger partial charge is 0.480 e. The molecule has 352 valence electrons. The van der Waals surface area contributed by atoms with E-state index >= 15 is 0 Å². The van der Waals surface area contributed by atoms with E-state index in [0.29, 0.717) is 19.4 Å². The van der Waals surface area contributed by atoms with E-state index in [-0.39, 0.29) is 60.9 Å². The maximum absolute atomic E-state index is 14.4. The van der Waals surface area contributed by atoms with Crippen LogP contribution in [0.2, 0.25) is 0 Å². The topological polar surface area (TPSA) is 187 Å². The molecule has 11 atom stereocenters. The highest BCUT2D eigenvalue weighted by molar-refractivity contribution is 5.92. The third-order valence-corrected chi connectivity index (χ3v) is 13.4. The standard InChI is InChI=1S/C47H80N6O9/c1-15-31(7)39(48-10)45(58)52(12)40(29(3)4)44(57)50-47(28-54,30(5)6)27-51(11)41(32(8)16-2)37(61-13)26-38(55)53-24-20-23-36(53)42(62-14)33(9)43(56)49-35(46(59)60)25-34-21-18-17-19-22-34/h17-19,21-22,28-33,35-37,39-42,48H,15-16,20,23-27H2,1-14H3,(H,49,56)(H,50,57)(H,59,60)/t31-,32-,33+,35-,36-,37+,39-,40-,41-,42+,47+/m0/s1. The minimum atomic E-state index is -1.35. The van der Waals surface area contributed by atoms with Gasteiger partial charge in [-0.05, 0) is 56.2 Å². The number of carbonyl (C=O) groups is 6. The smallest absolute Gasteiger partial charge is 0.326 e. The molecule has 1 aliphatic heterocycles. The van der Waals surface area contributed by atoms with Crippen molar-refractivity contribution in [1.82, 2.24) is 30.7 Å². The first-order valence-corrected chi connectivity index (χ1v) is 22.5. The van der Waals surface area contributed by atoms with Crippen molar-refractivity contribution in [3.05, 3.63) is 35.9 Å². The number of ether oxygens (including phenoxy) is 2. The number of carboxylic acid groups (broad SMARTS) is 1. The molecule has 1 aromatic carbocycles. The van der Waals surface area contributed by atoms with E-state index in [4.69, 9.17) is 9.47 Å². The van der Waals surface area contributed by atoms with Crippen molar-refractivity contribution < 1.29 is 43.3 Å². The summed E-state index contributed by atoms with van der Waals surface area (Å²) < 4.78 is 12.0. The fraction of sp³-hybridized carbons (Fsp3) is 0.745. The molecule has 1 aromatic rings. The molecule has 1 saturated heterocycles. The highest BCUT2D eigenvalue weighted by Crippen LogP contribution is 2.30. The maximum atomic E-state index is 14.4. The number of hydrogen-bond acceptors (Lipinski definition) is 10. The lowest BCUT2D eigenvalue weighted by Crippen LogP contribution is -2.66. The number of aliphatic carboxylic acids is 1. The van der Waals surface area contributed by atoms with Crippen molar-refractivity contribution in [3.63, 3.8) is 0 Å². The van der Waals surface area contributed by atoms with Gasteiger partial charge in [-0.1, -0.05) is 105 Å². The average molecular weight is 873 g/mol. The van der Waals surface area contributed by atoms with Gasteiger partial charge in [-0.15, -0.1) is 0 Å². The van der Waals surface area contributed by atoms with Crippen LogP contribution in [0.3, 0.4) is 0 Å². The Hall–Kier alpha value is -3.92. The van der Waals surface area contributed by atoms with Crippen molar-refractivity contribution >= 4 is 35.9 Å². The van der Waals surface area contributed by atoms with Gasteiger partial charge in [-0.2, -0.15) is 0 Å². The third-order valence-electron chi connectivity index (χ3n) is 13.4. The number of benzene rings is 1. The molecule has 0 saturated carbocycles. The molecule has 4 amide bonds. The van der Waals surface area contributed by atoms with Crippen LogP contribution in [0.25, 0.3) is 0 Å². The number of carboxylic acids is 1. The van der Waals surface area contributed by atoms with Gasteiger partial charge >= 0.3 is 5.97 Å². The average Bonchev–Trinajstić information content (AvgIpc) is 3.72. The number of methoxy groups -OCH3 is 2. The van der Waals surface area contributed by atoms with Gasteiger partial charge in [0.15, 0.2) is 0 Å². The van der Waals surface area contributed by atoms with E-state index < -0.39 is 65.6 Å². The van der Waals surface area contributed by atoms with Crippen LogP contribution in [0.1, 0.15) is 100.0 Å². The minimum Gasteiger partial charge on any atom is -0.480 e. The molecule has 1 aliphatic rings. The maximum Gasteiger partial charge on any atom is 0.326 e. The molecule has 15 nitrogen and oxygen atoms in total. The van der Waals surface area contributed by atoms with Crippen LogP contribution in [0.5, 0.6) is 0 Å². The Bertz CT molecular complexity index is 1600. The van der Waals surface area contributed by atoms with Gasteiger partial charge in [0.05, 0.1) is 36.6 Å². The van der Waals surface area contributed by atoms with Gasteiger partial charge in [0, 0.05) is 46.8 Å². The highest BCUT2D eigenvalue weighted by Gasteiger charge is 2.45. The van der Waals surface area contributed by atoms with Gasteiger partial charge in [0.2, 0.25) is 23.6 Å². The summed E-state index contributed by atoms with van der Waals surface area (Å²) in [6.45, 7) is 17.9. The second-order valence-electron chi connectivity index (χ2n) is 18.2.